The van der Waals surface area contributed by atoms with Gasteiger partial charge in [0.15, 0.2) is 5.78 Å². The zero-order chi connectivity index (χ0) is 23.5. The van der Waals surface area contributed by atoms with E-state index in [1.165, 1.54) is 16.9 Å². The minimum atomic E-state index is -3.40. The summed E-state index contributed by atoms with van der Waals surface area (Å²) in [6, 6.07) is 14.0. The first-order valence-electron chi connectivity index (χ1n) is 11.3. The first kappa shape index (κ1) is 22.0. The molecule has 6 nitrogen and oxygen atoms in total. The highest BCUT2D eigenvalue weighted by Crippen LogP contribution is 2.50. The number of fused-ring (bicyclic) bond motifs is 3. The van der Waals surface area contributed by atoms with Crippen LogP contribution in [0, 0.1) is 11.3 Å². The zero-order valence-corrected chi connectivity index (χ0v) is 19.9. The van der Waals surface area contributed by atoms with Crippen LogP contribution < -0.4 is 4.72 Å². The Morgan fingerprint density at radius 3 is 2.45 bits per heavy atom. The molecular weight excluding hydrogens is 434 g/mol. The maximum atomic E-state index is 13.6. The van der Waals surface area contributed by atoms with Crippen molar-refractivity contribution in [2.75, 3.05) is 20.1 Å². The second-order valence-corrected chi connectivity index (χ2v) is 11.5. The Morgan fingerprint density at radius 1 is 1.09 bits per heavy atom. The number of piperidine rings is 1. The van der Waals surface area contributed by atoms with Gasteiger partial charge in [-0.25, -0.2) is 4.72 Å². The van der Waals surface area contributed by atoms with Gasteiger partial charge in [0, 0.05) is 36.7 Å². The predicted octanol–water partition coefficient (Wildman–Crippen LogP) is 3.69. The highest BCUT2D eigenvalue weighted by atomic mass is 32.2. The summed E-state index contributed by atoms with van der Waals surface area (Å²) < 4.78 is 28.1. The number of nitrogens with one attached hydrogen (secondary N) is 1. The van der Waals surface area contributed by atoms with Gasteiger partial charge in [0.2, 0.25) is 0 Å². The van der Waals surface area contributed by atoms with E-state index in [2.05, 4.69) is 30.7 Å². The molecule has 0 atom stereocenters. The molecule has 3 aliphatic rings. The lowest BCUT2D eigenvalue weighted by molar-refractivity contribution is 0.105. The number of Topliss-reactive ketones (excluding diaryl/α,β-unsaturated/α-hetero) is 1. The van der Waals surface area contributed by atoms with E-state index >= 15 is 0 Å². The standard InChI is InChI=1S/C26H27N3O3S/c1-26(2)22-13-18(17-8-10-29(11-9-17)33(31,32)28-3)5-7-21(22)25(30)24-20-6-4-16(15-27)12-19(20)14-23(24)26/h4-7,12-13,17,28H,8-11,14H2,1-3H3. The highest BCUT2D eigenvalue weighted by molar-refractivity contribution is 7.87. The molecule has 7 heteroatoms. The Morgan fingerprint density at radius 2 is 1.79 bits per heavy atom. The van der Waals surface area contributed by atoms with Gasteiger partial charge in [-0.3, -0.25) is 4.79 Å². The fraction of sp³-hybridized carbons (Fsp3) is 0.385. The van der Waals surface area contributed by atoms with Crippen LogP contribution in [0.4, 0.5) is 0 Å². The van der Waals surface area contributed by atoms with Gasteiger partial charge in [0.1, 0.15) is 0 Å². The lowest BCUT2D eigenvalue weighted by Crippen LogP contribution is -2.43. The van der Waals surface area contributed by atoms with Crippen molar-refractivity contribution in [3.05, 3.63) is 75.4 Å². The molecule has 0 unspecified atom stereocenters. The largest absolute Gasteiger partial charge is 0.289 e. The van der Waals surface area contributed by atoms with E-state index in [1.807, 2.05) is 24.3 Å². The summed E-state index contributed by atoms with van der Waals surface area (Å²) in [7, 11) is -1.96. The minimum Gasteiger partial charge on any atom is -0.289 e. The SMILES string of the molecule is CNS(=O)(=O)N1CCC(c2ccc3c(c2)C(C)(C)C2=C(C3=O)c3ccc(C#N)cc3C2)CC1. The van der Waals surface area contributed by atoms with Crippen LogP contribution in [0.2, 0.25) is 0 Å². The molecule has 1 saturated heterocycles. The lowest BCUT2D eigenvalue weighted by atomic mass is 9.67. The van der Waals surface area contributed by atoms with E-state index in [4.69, 9.17) is 0 Å². The predicted molar refractivity (Wildman–Crippen MR) is 127 cm³/mol. The molecule has 1 aliphatic heterocycles. The van der Waals surface area contributed by atoms with E-state index in [0.717, 1.165) is 46.2 Å². The van der Waals surface area contributed by atoms with Crippen LogP contribution in [-0.4, -0.2) is 38.6 Å². The lowest BCUT2D eigenvalue weighted by Gasteiger charge is -2.36. The fourth-order valence-corrected chi connectivity index (χ4v) is 6.62. The molecule has 1 heterocycles. The van der Waals surface area contributed by atoms with Crippen molar-refractivity contribution in [3.63, 3.8) is 0 Å². The van der Waals surface area contributed by atoms with Gasteiger partial charge in [0.25, 0.3) is 10.2 Å². The third-order valence-electron chi connectivity index (χ3n) is 7.64. The number of carbonyl (C=O) groups excluding carboxylic acids is 1. The maximum absolute atomic E-state index is 13.6. The minimum absolute atomic E-state index is 0.0595. The van der Waals surface area contributed by atoms with Crippen molar-refractivity contribution < 1.29 is 13.2 Å². The average Bonchev–Trinajstić information content (AvgIpc) is 3.22. The van der Waals surface area contributed by atoms with Gasteiger partial charge in [-0.05, 0) is 65.1 Å². The molecule has 0 aromatic heterocycles. The Labute approximate surface area is 195 Å². The molecule has 1 N–H and O–H groups in total. The number of benzene rings is 2. The van der Waals surface area contributed by atoms with Crippen LogP contribution in [0.3, 0.4) is 0 Å². The first-order chi connectivity index (χ1) is 15.7. The summed E-state index contributed by atoms with van der Waals surface area (Å²) in [5.74, 6) is 0.322. The van der Waals surface area contributed by atoms with E-state index in [1.54, 1.807) is 6.07 Å². The Hall–Kier alpha value is -2.79. The first-order valence-corrected chi connectivity index (χ1v) is 12.8. The molecule has 2 aromatic carbocycles. The highest BCUT2D eigenvalue weighted by Gasteiger charge is 2.43. The maximum Gasteiger partial charge on any atom is 0.279 e. The second kappa shape index (κ2) is 7.63. The zero-order valence-electron chi connectivity index (χ0n) is 19.1. The van der Waals surface area contributed by atoms with Crippen molar-refractivity contribution in [2.24, 2.45) is 0 Å². The van der Waals surface area contributed by atoms with Gasteiger partial charge >= 0.3 is 0 Å². The van der Waals surface area contributed by atoms with Crippen LogP contribution in [0.5, 0.6) is 0 Å². The molecule has 2 aromatic rings. The number of allylic oxidation sites excluding steroid dienone is 2. The Balaban J connectivity index is 1.48. The van der Waals surface area contributed by atoms with Gasteiger partial charge < -0.3 is 0 Å². The molecular formula is C26H27N3O3S. The van der Waals surface area contributed by atoms with E-state index in [-0.39, 0.29) is 17.1 Å². The summed E-state index contributed by atoms with van der Waals surface area (Å²) in [6.07, 6.45) is 2.19. The summed E-state index contributed by atoms with van der Waals surface area (Å²) in [5, 5.41) is 9.28. The molecule has 0 amide bonds. The fourth-order valence-electron chi connectivity index (χ4n) is 5.67. The molecule has 1 fully saturated rings. The smallest absolute Gasteiger partial charge is 0.279 e. The number of ketones is 1. The Bertz CT molecular complexity index is 1360. The summed E-state index contributed by atoms with van der Waals surface area (Å²) >= 11 is 0. The van der Waals surface area contributed by atoms with Crippen molar-refractivity contribution in [2.45, 2.75) is 44.4 Å². The van der Waals surface area contributed by atoms with Crippen LogP contribution >= 0.6 is 0 Å². The molecule has 0 spiro atoms. The number of rotatable bonds is 3. The number of hydrogen-bond acceptors (Lipinski definition) is 4. The normalized spacial score (nSPS) is 20.2. The molecule has 2 aliphatic carbocycles. The second-order valence-electron chi connectivity index (χ2n) is 9.66. The summed E-state index contributed by atoms with van der Waals surface area (Å²) in [4.78, 5) is 13.6. The van der Waals surface area contributed by atoms with Crippen LogP contribution in [-0.2, 0) is 22.0 Å². The third kappa shape index (κ3) is 3.36. The van der Waals surface area contributed by atoms with Crippen molar-refractivity contribution in [1.82, 2.24) is 9.03 Å². The summed E-state index contributed by atoms with van der Waals surface area (Å²) in [5.41, 5.74) is 7.19. The van der Waals surface area contributed by atoms with Crippen molar-refractivity contribution >= 4 is 21.6 Å². The molecule has 170 valence electrons. The molecule has 0 saturated carbocycles. The molecule has 0 bridgehead atoms. The van der Waals surface area contributed by atoms with E-state index < -0.39 is 10.2 Å². The average molecular weight is 462 g/mol. The Kier molecular flexibility index (Phi) is 5.09. The van der Waals surface area contributed by atoms with Crippen LogP contribution in [0.15, 0.2) is 42.0 Å². The molecule has 0 radical (unpaired) electrons. The van der Waals surface area contributed by atoms with Gasteiger partial charge in [0.05, 0.1) is 11.6 Å². The van der Waals surface area contributed by atoms with E-state index in [9.17, 15) is 18.5 Å². The molecule has 33 heavy (non-hydrogen) atoms. The summed E-state index contributed by atoms with van der Waals surface area (Å²) in [6.45, 7) is 5.32. The van der Waals surface area contributed by atoms with Crippen LogP contribution in [0.25, 0.3) is 5.57 Å². The van der Waals surface area contributed by atoms with Gasteiger partial charge in [-0.1, -0.05) is 38.1 Å². The number of carbonyl (C=O) groups is 1. The van der Waals surface area contributed by atoms with Crippen molar-refractivity contribution in [3.8, 4) is 6.07 Å². The third-order valence-corrected chi connectivity index (χ3v) is 9.20. The van der Waals surface area contributed by atoms with Gasteiger partial charge in [-0.2, -0.15) is 18.0 Å². The van der Waals surface area contributed by atoms with Gasteiger partial charge in [-0.15, -0.1) is 0 Å². The van der Waals surface area contributed by atoms with Crippen molar-refractivity contribution in [1.29, 1.82) is 5.26 Å². The topological polar surface area (TPSA) is 90.3 Å². The quantitative estimate of drug-likeness (QED) is 0.755. The van der Waals surface area contributed by atoms with E-state index in [0.29, 0.717) is 25.1 Å². The monoisotopic (exact) mass is 461 g/mol. The molecule has 5 rings (SSSR count). The number of hydrogen-bond donors (Lipinski definition) is 1. The van der Waals surface area contributed by atoms with Crippen LogP contribution in [0.1, 0.15) is 70.8 Å². The number of nitriles is 1. The number of nitrogens with zero attached hydrogens (tertiary/aromatic N) is 2.